The summed E-state index contributed by atoms with van der Waals surface area (Å²) in [7, 11) is -3.63. The maximum absolute atomic E-state index is 12.4. The van der Waals surface area contributed by atoms with Crippen LogP contribution in [0, 0.1) is 13.8 Å². The van der Waals surface area contributed by atoms with Crippen LogP contribution >= 0.6 is 11.6 Å². The standard InChI is InChI=1S/C18H17ClN2O3S/c1-12-18(13(2)24-21-12)15-6-3-5-14(9-15)11-20-25(22,23)17-8-4-7-16(19)10-17/h3-10,20H,11H2,1-2H3. The number of rotatable bonds is 5. The topological polar surface area (TPSA) is 72.2 Å². The number of nitrogens with zero attached hydrogens (tertiary/aromatic N) is 1. The maximum Gasteiger partial charge on any atom is 0.240 e. The Morgan fingerprint density at radius 1 is 1.12 bits per heavy atom. The van der Waals surface area contributed by atoms with Crippen LogP contribution in [0.5, 0.6) is 0 Å². The molecule has 0 radical (unpaired) electrons. The lowest BCUT2D eigenvalue weighted by molar-refractivity contribution is 0.393. The van der Waals surface area contributed by atoms with Gasteiger partial charge in [0.1, 0.15) is 5.76 Å². The first-order valence-corrected chi connectivity index (χ1v) is 9.50. The molecule has 1 heterocycles. The van der Waals surface area contributed by atoms with Gasteiger partial charge in [0, 0.05) is 17.1 Å². The normalized spacial score (nSPS) is 11.6. The molecule has 3 aromatic rings. The van der Waals surface area contributed by atoms with Gasteiger partial charge in [-0.05, 0) is 49.2 Å². The molecule has 1 aromatic heterocycles. The number of aryl methyl sites for hydroxylation is 2. The van der Waals surface area contributed by atoms with E-state index in [1.807, 2.05) is 38.1 Å². The molecule has 1 N–H and O–H groups in total. The smallest absolute Gasteiger partial charge is 0.240 e. The summed E-state index contributed by atoms with van der Waals surface area (Å²) < 4.78 is 32.6. The molecule has 3 rings (SSSR count). The third-order valence-electron chi connectivity index (χ3n) is 3.82. The van der Waals surface area contributed by atoms with Crippen LogP contribution in [0.15, 0.2) is 57.9 Å². The molecule has 0 aliphatic heterocycles. The number of nitrogens with one attached hydrogen (secondary N) is 1. The predicted molar refractivity (Wildman–Crippen MR) is 96.9 cm³/mol. The Morgan fingerprint density at radius 3 is 2.56 bits per heavy atom. The second-order valence-electron chi connectivity index (χ2n) is 5.68. The molecular formula is C18H17ClN2O3S. The summed E-state index contributed by atoms with van der Waals surface area (Å²) in [5.74, 6) is 0.731. The Morgan fingerprint density at radius 2 is 1.88 bits per heavy atom. The summed E-state index contributed by atoms with van der Waals surface area (Å²) in [6.07, 6.45) is 0. The van der Waals surface area contributed by atoms with Gasteiger partial charge in [-0.15, -0.1) is 0 Å². The first-order chi connectivity index (χ1) is 11.9. The largest absolute Gasteiger partial charge is 0.361 e. The minimum atomic E-state index is -3.63. The molecule has 0 bridgehead atoms. The Bertz CT molecular complexity index is 993. The van der Waals surface area contributed by atoms with Crippen molar-refractivity contribution in [1.82, 2.24) is 9.88 Å². The maximum atomic E-state index is 12.4. The molecule has 0 amide bonds. The monoisotopic (exact) mass is 376 g/mol. The van der Waals surface area contributed by atoms with Crippen LogP contribution in [0.4, 0.5) is 0 Å². The van der Waals surface area contributed by atoms with Crippen LogP contribution in [-0.2, 0) is 16.6 Å². The quantitative estimate of drug-likeness (QED) is 0.727. The summed E-state index contributed by atoms with van der Waals surface area (Å²) in [6.45, 7) is 3.90. The van der Waals surface area contributed by atoms with Gasteiger partial charge in [0.15, 0.2) is 0 Å². The number of aromatic nitrogens is 1. The van der Waals surface area contributed by atoms with E-state index in [9.17, 15) is 8.42 Å². The third kappa shape index (κ3) is 3.92. The highest BCUT2D eigenvalue weighted by Crippen LogP contribution is 2.27. The average molecular weight is 377 g/mol. The number of sulfonamides is 1. The van der Waals surface area contributed by atoms with Crippen molar-refractivity contribution in [2.45, 2.75) is 25.3 Å². The molecule has 5 nitrogen and oxygen atoms in total. The predicted octanol–water partition coefficient (Wildman–Crippen LogP) is 4.09. The van der Waals surface area contributed by atoms with Gasteiger partial charge in [0.2, 0.25) is 10.0 Å². The molecule has 0 fully saturated rings. The molecule has 0 unspecified atom stereocenters. The van der Waals surface area contributed by atoms with Crippen molar-refractivity contribution >= 4 is 21.6 Å². The molecule has 0 aliphatic rings. The van der Waals surface area contributed by atoms with E-state index < -0.39 is 10.0 Å². The Hall–Kier alpha value is -2.15. The van der Waals surface area contributed by atoms with Gasteiger partial charge >= 0.3 is 0 Å². The molecular weight excluding hydrogens is 360 g/mol. The highest BCUT2D eigenvalue weighted by molar-refractivity contribution is 7.89. The number of benzene rings is 2. The van der Waals surface area contributed by atoms with Crippen LogP contribution in [-0.4, -0.2) is 13.6 Å². The van der Waals surface area contributed by atoms with E-state index >= 15 is 0 Å². The number of hydrogen-bond donors (Lipinski definition) is 1. The minimum Gasteiger partial charge on any atom is -0.361 e. The van der Waals surface area contributed by atoms with Crippen LogP contribution < -0.4 is 4.72 Å². The lowest BCUT2D eigenvalue weighted by Crippen LogP contribution is -2.23. The fraction of sp³-hybridized carbons (Fsp3) is 0.167. The van der Waals surface area contributed by atoms with Crippen LogP contribution in [0.3, 0.4) is 0 Å². The van der Waals surface area contributed by atoms with E-state index in [1.54, 1.807) is 12.1 Å². The molecule has 2 aromatic carbocycles. The van der Waals surface area contributed by atoms with Crippen molar-refractivity contribution in [3.8, 4) is 11.1 Å². The van der Waals surface area contributed by atoms with E-state index in [2.05, 4.69) is 9.88 Å². The summed E-state index contributed by atoms with van der Waals surface area (Å²) in [5.41, 5.74) is 3.51. The van der Waals surface area contributed by atoms with Crippen LogP contribution in [0.25, 0.3) is 11.1 Å². The molecule has 0 atom stereocenters. The molecule has 0 saturated carbocycles. The zero-order valence-corrected chi connectivity index (χ0v) is 15.4. The zero-order chi connectivity index (χ0) is 18.0. The fourth-order valence-corrected chi connectivity index (χ4v) is 3.95. The molecule has 0 spiro atoms. The summed E-state index contributed by atoms with van der Waals surface area (Å²) in [4.78, 5) is 0.141. The van der Waals surface area contributed by atoms with Crippen molar-refractivity contribution in [1.29, 1.82) is 0 Å². The first kappa shape index (κ1) is 17.7. The van der Waals surface area contributed by atoms with E-state index in [1.165, 1.54) is 12.1 Å². The number of halogens is 1. The SMILES string of the molecule is Cc1noc(C)c1-c1cccc(CNS(=O)(=O)c2cccc(Cl)c2)c1. The highest BCUT2D eigenvalue weighted by atomic mass is 35.5. The highest BCUT2D eigenvalue weighted by Gasteiger charge is 2.15. The van der Waals surface area contributed by atoms with Gasteiger partial charge in [-0.2, -0.15) is 0 Å². The lowest BCUT2D eigenvalue weighted by atomic mass is 10.0. The summed E-state index contributed by atoms with van der Waals surface area (Å²) in [6, 6.07) is 13.8. The van der Waals surface area contributed by atoms with E-state index in [-0.39, 0.29) is 11.4 Å². The lowest BCUT2D eigenvalue weighted by Gasteiger charge is -2.09. The van der Waals surface area contributed by atoms with Gasteiger partial charge < -0.3 is 4.52 Å². The molecule has 25 heavy (non-hydrogen) atoms. The Balaban J connectivity index is 1.82. The third-order valence-corrected chi connectivity index (χ3v) is 5.46. The molecule has 0 aliphatic carbocycles. The van der Waals surface area contributed by atoms with E-state index in [4.69, 9.17) is 16.1 Å². The summed E-state index contributed by atoms with van der Waals surface area (Å²) >= 11 is 5.87. The van der Waals surface area contributed by atoms with Gasteiger partial charge in [0.05, 0.1) is 10.6 Å². The van der Waals surface area contributed by atoms with Crippen molar-refractivity contribution in [3.05, 3.63) is 70.6 Å². The summed E-state index contributed by atoms with van der Waals surface area (Å²) in [5, 5.41) is 4.33. The molecule has 130 valence electrons. The van der Waals surface area contributed by atoms with E-state index in [0.717, 1.165) is 28.1 Å². The van der Waals surface area contributed by atoms with E-state index in [0.29, 0.717) is 5.02 Å². The Kier molecular flexibility index (Phi) is 4.94. The average Bonchev–Trinajstić information content (AvgIpc) is 2.92. The van der Waals surface area contributed by atoms with Crippen molar-refractivity contribution in [3.63, 3.8) is 0 Å². The van der Waals surface area contributed by atoms with Gasteiger partial charge in [-0.25, -0.2) is 13.1 Å². The van der Waals surface area contributed by atoms with Gasteiger partial charge in [-0.1, -0.05) is 41.0 Å². The molecule has 7 heteroatoms. The van der Waals surface area contributed by atoms with Crippen molar-refractivity contribution in [2.24, 2.45) is 0 Å². The van der Waals surface area contributed by atoms with Gasteiger partial charge in [0.25, 0.3) is 0 Å². The van der Waals surface area contributed by atoms with Gasteiger partial charge in [-0.3, -0.25) is 0 Å². The minimum absolute atomic E-state index is 0.141. The van der Waals surface area contributed by atoms with Crippen molar-refractivity contribution in [2.75, 3.05) is 0 Å². The second kappa shape index (κ2) is 7.00. The Labute approximate surface area is 151 Å². The first-order valence-electron chi connectivity index (χ1n) is 7.64. The zero-order valence-electron chi connectivity index (χ0n) is 13.8. The van der Waals surface area contributed by atoms with Crippen LogP contribution in [0.1, 0.15) is 17.0 Å². The van der Waals surface area contributed by atoms with Crippen molar-refractivity contribution < 1.29 is 12.9 Å². The van der Waals surface area contributed by atoms with Crippen LogP contribution in [0.2, 0.25) is 5.02 Å². The molecule has 0 saturated heterocycles. The fourth-order valence-electron chi connectivity index (χ4n) is 2.63. The number of hydrogen-bond acceptors (Lipinski definition) is 4. The second-order valence-corrected chi connectivity index (χ2v) is 7.88.